The Hall–Kier alpha value is -2.21. The van der Waals surface area contributed by atoms with Crippen molar-refractivity contribution in [3.8, 4) is 0 Å². The minimum atomic E-state index is -0.312. The van der Waals surface area contributed by atoms with Gasteiger partial charge in [0.1, 0.15) is 0 Å². The first-order valence-electron chi connectivity index (χ1n) is 11.6. The lowest BCUT2D eigenvalue weighted by atomic mass is 9.77. The first-order valence-corrected chi connectivity index (χ1v) is 11.6. The van der Waals surface area contributed by atoms with Gasteiger partial charge in [-0.05, 0) is 35.8 Å². The zero-order valence-electron chi connectivity index (χ0n) is 18.0. The van der Waals surface area contributed by atoms with E-state index < -0.39 is 0 Å². The predicted octanol–water partition coefficient (Wildman–Crippen LogP) is 2.75. The molecule has 1 saturated carbocycles. The highest BCUT2D eigenvalue weighted by Gasteiger charge is 2.45. The lowest BCUT2D eigenvalue weighted by Gasteiger charge is -2.43. The van der Waals surface area contributed by atoms with Crippen LogP contribution in [0.4, 0.5) is 0 Å². The van der Waals surface area contributed by atoms with E-state index in [4.69, 9.17) is 4.74 Å². The number of hydrogen-bond donors (Lipinski definition) is 1. The molecule has 0 spiro atoms. The number of rotatable bonds is 4. The van der Waals surface area contributed by atoms with E-state index in [2.05, 4.69) is 34.1 Å². The summed E-state index contributed by atoms with van der Waals surface area (Å²) >= 11 is 0. The highest BCUT2D eigenvalue weighted by atomic mass is 16.5. The summed E-state index contributed by atoms with van der Waals surface area (Å²) in [4.78, 5) is 18.2. The van der Waals surface area contributed by atoms with Gasteiger partial charge >= 0.3 is 0 Å². The number of morpholine rings is 1. The number of ether oxygens (including phenoxy) is 1. The molecule has 4 atom stereocenters. The van der Waals surface area contributed by atoms with Crippen molar-refractivity contribution in [2.45, 2.75) is 30.9 Å². The average Bonchev–Trinajstić information content (AvgIpc) is 3.23. The Labute approximate surface area is 184 Å². The van der Waals surface area contributed by atoms with Crippen LogP contribution in [0.2, 0.25) is 0 Å². The summed E-state index contributed by atoms with van der Waals surface area (Å²) in [5.41, 5.74) is 2.08. The molecule has 5 heteroatoms. The molecule has 2 saturated heterocycles. The van der Waals surface area contributed by atoms with Crippen LogP contribution in [0.15, 0.2) is 60.7 Å². The molecule has 0 unspecified atom stereocenters. The molecule has 0 aromatic heterocycles. The van der Waals surface area contributed by atoms with Crippen LogP contribution < -0.4 is 0 Å². The van der Waals surface area contributed by atoms with Gasteiger partial charge in [0.2, 0.25) is 5.91 Å². The van der Waals surface area contributed by atoms with Crippen molar-refractivity contribution >= 4 is 5.91 Å². The van der Waals surface area contributed by atoms with Crippen LogP contribution in [-0.4, -0.2) is 72.4 Å². The van der Waals surface area contributed by atoms with Gasteiger partial charge < -0.3 is 14.7 Å². The molecule has 0 radical (unpaired) electrons. The van der Waals surface area contributed by atoms with Crippen molar-refractivity contribution < 1.29 is 14.6 Å². The van der Waals surface area contributed by atoms with Crippen LogP contribution in [0.1, 0.15) is 29.9 Å². The van der Waals surface area contributed by atoms with Crippen LogP contribution in [0.25, 0.3) is 0 Å². The summed E-state index contributed by atoms with van der Waals surface area (Å²) in [6, 6.07) is 20.4. The second-order valence-corrected chi connectivity index (χ2v) is 9.27. The van der Waals surface area contributed by atoms with E-state index in [0.717, 1.165) is 63.4 Å². The quantitative estimate of drug-likeness (QED) is 0.827. The van der Waals surface area contributed by atoms with Crippen LogP contribution in [0.5, 0.6) is 0 Å². The van der Waals surface area contributed by atoms with Gasteiger partial charge in [0.05, 0.1) is 25.2 Å². The van der Waals surface area contributed by atoms with Crippen molar-refractivity contribution in [1.82, 2.24) is 9.80 Å². The molecule has 3 aliphatic rings. The maximum absolute atomic E-state index is 13.8. The molecule has 1 N–H and O–H groups in total. The molecule has 3 fully saturated rings. The Morgan fingerprint density at radius 1 is 0.871 bits per heavy atom. The fraction of sp³-hybridized carbons (Fsp3) is 0.500. The third-order valence-electron chi connectivity index (χ3n) is 7.45. The minimum absolute atomic E-state index is 0.184. The van der Waals surface area contributed by atoms with Gasteiger partial charge in [0.15, 0.2) is 0 Å². The zero-order chi connectivity index (χ0) is 21.2. The Kier molecular flexibility index (Phi) is 6.08. The number of nitrogens with zero attached hydrogens (tertiary/aromatic N) is 2. The third kappa shape index (κ3) is 4.27. The van der Waals surface area contributed by atoms with Gasteiger partial charge in [-0.3, -0.25) is 9.69 Å². The Morgan fingerprint density at radius 2 is 1.42 bits per heavy atom. The van der Waals surface area contributed by atoms with Crippen LogP contribution >= 0.6 is 0 Å². The number of aliphatic hydroxyl groups excluding tert-OH is 1. The van der Waals surface area contributed by atoms with Crippen LogP contribution in [0, 0.1) is 11.8 Å². The number of amides is 1. The SMILES string of the molecule is O=C(C(c1ccccc1)c1ccccc1)N1C[C@H]2C[C@@H](N3CCOCC3)[C@H](O)C[C@H]2C1. The van der Waals surface area contributed by atoms with Crippen molar-refractivity contribution in [3.63, 3.8) is 0 Å². The lowest BCUT2D eigenvalue weighted by Crippen LogP contribution is -2.53. The molecule has 2 aliphatic heterocycles. The van der Waals surface area contributed by atoms with Gasteiger partial charge in [0.25, 0.3) is 0 Å². The predicted molar refractivity (Wildman–Crippen MR) is 120 cm³/mol. The largest absolute Gasteiger partial charge is 0.391 e. The van der Waals surface area contributed by atoms with Crippen molar-refractivity contribution in [2.24, 2.45) is 11.8 Å². The van der Waals surface area contributed by atoms with Gasteiger partial charge in [0, 0.05) is 32.2 Å². The van der Waals surface area contributed by atoms with E-state index in [-0.39, 0.29) is 24.0 Å². The number of likely N-dealkylation sites (tertiary alicyclic amines) is 1. The molecule has 5 nitrogen and oxygen atoms in total. The number of hydrogen-bond acceptors (Lipinski definition) is 4. The van der Waals surface area contributed by atoms with Gasteiger partial charge in [-0.2, -0.15) is 0 Å². The Morgan fingerprint density at radius 3 is 2.00 bits per heavy atom. The first kappa shape index (κ1) is 20.7. The third-order valence-corrected chi connectivity index (χ3v) is 7.45. The maximum atomic E-state index is 13.8. The summed E-state index contributed by atoms with van der Waals surface area (Å²) in [6.07, 6.45) is 1.45. The monoisotopic (exact) mass is 420 g/mol. The van der Waals surface area contributed by atoms with E-state index in [9.17, 15) is 9.90 Å². The topological polar surface area (TPSA) is 53.0 Å². The molecule has 1 aliphatic carbocycles. The fourth-order valence-corrected chi connectivity index (χ4v) is 5.84. The van der Waals surface area contributed by atoms with Crippen molar-refractivity contribution in [2.75, 3.05) is 39.4 Å². The molecule has 2 aromatic rings. The van der Waals surface area contributed by atoms with E-state index in [1.807, 2.05) is 36.4 Å². The molecule has 0 bridgehead atoms. The molecule has 5 rings (SSSR count). The molecule has 1 amide bonds. The smallest absolute Gasteiger partial charge is 0.234 e. The Bertz CT molecular complexity index is 829. The standard InChI is InChI=1S/C26H32N2O3/c29-24-16-22-18-28(17-21(22)15-23(24)27-11-13-31-14-12-27)26(30)25(19-7-3-1-4-8-19)20-9-5-2-6-10-20/h1-10,21-25,29H,11-18H2/t21-,22+,23-,24-/m1/s1. The first-order chi connectivity index (χ1) is 15.2. The van der Waals surface area contributed by atoms with Crippen LogP contribution in [-0.2, 0) is 9.53 Å². The van der Waals surface area contributed by atoms with Crippen molar-refractivity contribution in [1.29, 1.82) is 0 Å². The fourth-order valence-electron chi connectivity index (χ4n) is 5.84. The van der Waals surface area contributed by atoms with Crippen LogP contribution in [0.3, 0.4) is 0 Å². The number of aliphatic hydroxyl groups is 1. The molecule has 164 valence electrons. The number of carbonyl (C=O) groups is 1. The van der Waals surface area contributed by atoms with Gasteiger partial charge in [-0.15, -0.1) is 0 Å². The van der Waals surface area contributed by atoms with E-state index >= 15 is 0 Å². The highest BCUT2D eigenvalue weighted by Crippen LogP contribution is 2.40. The summed E-state index contributed by atoms with van der Waals surface area (Å²) in [7, 11) is 0. The Balaban J connectivity index is 1.34. The summed E-state index contributed by atoms with van der Waals surface area (Å²) < 4.78 is 5.50. The van der Waals surface area contributed by atoms with Gasteiger partial charge in [-0.25, -0.2) is 0 Å². The second-order valence-electron chi connectivity index (χ2n) is 9.27. The molecule has 2 aromatic carbocycles. The maximum Gasteiger partial charge on any atom is 0.234 e. The zero-order valence-corrected chi connectivity index (χ0v) is 18.0. The van der Waals surface area contributed by atoms with E-state index in [1.165, 1.54) is 0 Å². The highest BCUT2D eigenvalue weighted by molar-refractivity contribution is 5.87. The minimum Gasteiger partial charge on any atom is -0.391 e. The summed E-state index contributed by atoms with van der Waals surface area (Å²) in [5.74, 6) is 0.766. The number of fused-ring (bicyclic) bond motifs is 1. The second kappa shape index (κ2) is 9.11. The summed E-state index contributed by atoms with van der Waals surface area (Å²) in [6.45, 7) is 4.84. The number of benzene rings is 2. The summed E-state index contributed by atoms with van der Waals surface area (Å²) in [5, 5.41) is 10.9. The van der Waals surface area contributed by atoms with E-state index in [0.29, 0.717) is 11.8 Å². The molecule has 31 heavy (non-hydrogen) atoms. The van der Waals surface area contributed by atoms with Crippen molar-refractivity contribution in [3.05, 3.63) is 71.8 Å². The number of carbonyl (C=O) groups excluding carboxylic acids is 1. The van der Waals surface area contributed by atoms with E-state index in [1.54, 1.807) is 0 Å². The molecular formula is C26H32N2O3. The normalized spacial score (nSPS) is 29.2. The van der Waals surface area contributed by atoms with Gasteiger partial charge in [-0.1, -0.05) is 60.7 Å². The average molecular weight is 421 g/mol. The molecular weight excluding hydrogens is 388 g/mol. The molecule has 2 heterocycles. The lowest BCUT2D eigenvalue weighted by molar-refractivity contribution is -0.131.